The van der Waals surface area contributed by atoms with Gasteiger partial charge in [-0.2, -0.15) is 5.10 Å². The van der Waals surface area contributed by atoms with Crippen molar-refractivity contribution >= 4 is 23.5 Å². The van der Waals surface area contributed by atoms with Crippen molar-refractivity contribution in [2.45, 2.75) is 0 Å². The number of hydrogen-bond donors (Lipinski definition) is 1. The maximum atomic E-state index is 5.84. The number of halogens is 1. The minimum atomic E-state index is 0.678. The van der Waals surface area contributed by atoms with Crippen molar-refractivity contribution in [1.29, 1.82) is 0 Å². The predicted octanol–water partition coefficient (Wildman–Crippen LogP) is 2.52. The second-order valence-corrected chi connectivity index (χ2v) is 3.71. The SMILES string of the molecule is Cn1ccnc1C=NNc1cccc(Cl)c1. The number of nitrogens with one attached hydrogen (secondary N) is 1. The monoisotopic (exact) mass is 234 g/mol. The highest BCUT2D eigenvalue weighted by atomic mass is 35.5. The van der Waals surface area contributed by atoms with Crippen LogP contribution in [-0.2, 0) is 7.05 Å². The first kappa shape index (κ1) is 10.7. The molecule has 0 saturated carbocycles. The summed E-state index contributed by atoms with van der Waals surface area (Å²) in [5, 5.41) is 4.75. The van der Waals surface area contributed by atoms with E-state index in [9.17, 15) is 0 Å². The van der Waals surface area contributed by atoms with Gasteiger partial charge in [-0.25, -0.2) is 4.98 Å². The van der Waals surface area contributed by atoms with Crippen LogP contribution in [-0.4, -0.2) is 15.8 Å². The van der Waals surface area contributed by atoms with Gasteiger partial charge in [0.1, 0.15) is 0 Å². The topological polar surface area (TPSA) is 42.2 Å². The van der Waals surface area contributed by atoms with E-state index >= 15 is 0 Å². The number of hydrazone groups is 1. The van der Waals surface area contributed by atoms with Crippen LogP contribution in [0.5, 0.6) is 0 Å². The summed E-state index contributed by atoms with van der Waals surface area (Å²) in [6.07, 6.45) is 5.24. The van der Waals surface area contributed by atoms with Gasteiger partial charge in [-0.15, -0.1) is 0 Å². The van der Waals surface area contributed by atoms with Crippen molar-refractivity contribution in [2.75, 3.05) is 5.43 Å². The molecule has 1 N–H and O–H groups in total. The van der Waals surface area contributed by atoms with Gasteiger partial charge in [0.2, 0.25) is 0 Å². The maximum absolute atomic E-state index is 5.84. The van der Waals surface area contributed by atoms with Crippen LogP contribution in [0.15, 0.2) is 41.8 Å². The van der Waals surface area contributed by atoms with Crippen LogP contribution in [0.3, 0.4) is 0 Å². The molecule has 0 radical (unpaired) electrons. The Kier molecular flexibility index (Phi) is 3.22. The molecule has 2 aromatic rings. The molecule has 0 aliphatic heterocycles. The van der Waals surface area contributed by atoms with E-state index in [4.69, 9.17) is 11.6 Å². The average Bonchev–Trinajstić information content (AvgIpc) is 2.65. The molecule has 1 aromatic heterocycles. The van der Waals surface area contributed by atoms with Gasteiger partial charge in [0, 0.05) is 24.5 Å². The van der Waals surface area contributed by atoms with Gasteiger partial charge < -0.3 is 4.57 Å². The van der Waals surface area contributed by atoms with Gasteiger partial charge in [0.25, 0.3) is 0 Å². The summed E-state index contributed by atoms with van der Waals surface area (Å²) in [5.74, 6) is 0.787. The van der Waals surface area contributed by atoms with Crippen LogP contribution in [0.1, 0.15) is 5.82 Å². The third-order valence-electron chi connectivity index (χ3n) is 2.06. The number of imidazole rings is 1. The molecule has 1 aromatic carbocycles. The Morgan fingerprint density at radius 3 is 3.06 bits per heavy atom. The molecule has 0 saturated heterocycles. The van der Waals surface area contributed by atoms with E-state index in [0.29, 0.717) is 5.02 Å². The highest BCUT2D eigenvalue weighted by Gasteiger charge is 1.93. The zero-order valence-electron chi connectivity index (χ0n) is 8.76. The van der Waals surface area contributed by atoms with E-state index in [2.05, 4.69) is 15.5 Å². The molecule has 0 amide bonds. The molecule has 0 fully saturated rings. The van der Waals surface area contributed by atoms with Crippen molar-refractivity contribution < 1.29 is 0 Å². The number of nitrogens with zero attached hydrogens (tertiary/aromatic N) is 3. The summed E-state index contributed by atoms with van der Waals surface area (Å²) < 4.78 is 1.88. The van der Waals surface area contributed by atoms with E-state index < -0.39 is 0 Å². The Balaban J connectivity index is 2.02. The molecule has 5 heteroatoms. The summed E-state index contributed by atoms with van der Waals surface area (Å²) in [4.78, 5) is 4.11. The molecule has 4 nitrogen and oxygen atoms in total. The minimum absolute atomic E-state index is 0.678. The summed E-state index contributed by atoms with van der Waals surface area (Å²) in [6, 6.07) is 7.37. The van der Waals surface area contributed by atoms with Gasteiger partial charge in [0.05, 0.1) is 11.9 Å². The lowest BCUT2D eigenvalue weighted by Crippen LogP contribution is -1.97. The Labute approximate surface area is 98.6 Å². The fourth-order valence-electron chi connectivity index (χ4n) is 1.22. The molecule has 1 heterocycles. The van der Waals surface area contributed by atoms with Crippen LogP contribution in [0.2, 0.25) is 5.02 Å². The molecule has 16 heavy (non-hydrogen) atoms. The van der Waals surface area contributed by atoms with E-state index in [0.717, 1.165) is 11.5 Å². The minimum Gasteiger partial charge on any atom is -0.333 e. The van der Waals surface area contributed by atoms with E-state index in [1.54, 1.807) is 18.5 Å². The lowest BCUT2D eigenvalue weighted by atomic mass is 10.3. The molecule has 0 spiro atoms. The Morgan fingerprint density at radius 2 is 2.38 bits per heavy atom. The lowest BCUT2D eigenvalue weighted by molar-refractivity contribution is 0.901. The standard InChI is InChI=1S/C11H11ClN4/c1-16-6-5-13-11(16)8-14-15-10-4-2-3-9(12)7-10/h2-8,15H,1H3. The predicted molar refractivity (Wildman–Crippen MR) is 65.9 cm³/mol. The Morgan fingerprint density at radius 1 is 1.50 bits per heavy atom. The van der Waals surface area contributed by atoms with Gasteiger partial charge in [-0.05, 0) is 18.2 Å². The van der Waals surface area contributed by atoms with E-state index in [1.165, 1.54) is 0 Å². The molecule has 0 bridgehead atoms. The molecule has 0 aliphatic carbocycles. The van der Waals surface area contributed by atoms with Crippen molar-refractivity contribution in [3.63, 3.8) is 0 Å². The molecular formula is C11H11ClN4. The highest BCUT2D eigenvalue weighted by molar-refractivity contribution is 6.30. The third kappa shape index (κ3) is 2.61. The molecule has 0 aliphatic rings. The van der Waals surface area contributed by atoms with Crippen molar-refractivity contribution in [3.8, 4) is 0 Å². The van der Waals surface area contributed by atoms with Crippen LogP contribution < -0.4 is 5.43 Å². The number of aryl methyl sites for hydroxylation is 1. The van der Waals surface area contributed by atoms with Gasteiger partial charge in [-0.1, -0.05) is 17.7 Å². The molecule has 0 atom stereocenters. The van der Waals surface area contributed by atoms with Gasteiger partial charge in [0.15, 0.2) is 5.82 Å². The second-order valence-electron chi connectivity index (χ2n) is 3.28. The molecule has 82 valence electrons. The fraction of sp³-hybridized carbons (Fsp3) is 0.0909. The first-order valence-corrected chi connectivity index (χ1v) is 5.15. The fourth-order valence-corrected chi connectivity index (χ4v) is 1.41. The number of rotatable bonds is 3. The van der Waals surface area contributed by atoms with Crippen LogP contribution in [0, 0.1) is 0 Å². The van der Waals surface area contributed by atoms with Crippen molar-refractivity contribution in [3.05, 3.63) is 47.5 Å². The third-order valence-corrected chi connectivity index (χ3v) is 2.29. The number of hydrogen-bond acceptors (Lipinski definition) is 3. The first-order valence-electron chi connectivity index (χ1n) is 4.77. The maximum Gasteiger partial charge on any atom is 0.152 e. The van der Waals surface area contributed by atoms with Crippen LogP contribution in [0.4, 0.5) is 5.69 Å². The zero-order valence-corrected chi connectivity index (χ0v) is 9.52. The Bertz CT molecular complexity index is 504. The van der Waals surface area contributed by atoms with Crippen molar-refractivity contribution in [2.24, 2.45) is 12.1 Å². The molecule has 2 rings (SSSR count). The van der Waals surface area contributed by atoms with Crippen molar-refractivity contribution in [1.82, 2.24) is 9.55 Å². The Hall–Kier alpha value is -1.81. The first-order chi connectivity index (χ1) is 7.75. The second kappa shape index (κ2) is 4.81. The summed E-state index contributed by atoms with van der Waals surface area (Å²) in [7, 11) is 1.91. The summed E-state index contributed by atoms with van der Waals surface area (Å²) in [5.41, 5.74) is 3.73. The summed E-state index contributed by atoms with van der Waals surface area (Å²) >= 11 is 5.84. The number of aromatic nitrogens is 2. The van der Waals surface area contributed by atoms with Gasteiger partial charge in [-0.3, -0.25) is 5.43 Å². The van der Waals surface area contributed by atoms with E-state index in [1.807, 2.05) is 36.0 Å². The van der Waals surface area contributed by atoms with Crippen LogP contribution in [0.25, 0.3) is 0 Å². The highest BCUT2D eigenvalue weighted by Crippen LogP contribution is 2.14. The number of anilines is 1. The normalized spacial score (nSPS) is 10.9. The molecular weight excluding hydrogens is 224 g/mol. The quantitative estimate of drug-likeness (QED) is 0.655. The number of benzene rings is 1. The smallest absolute Gasteiger partial charge is 0.152 e. The summed E-state index contributed by atoms with van der Waals surface area (Å²) in [6.45, 7) is 0. The van der Waals surface area contributed by atoms with Gasteiger partial charge >= 0.3 is 0 Å². The zero-order chi connectivity index (χ0) is 11.4. The largest absolute Gasteiger partial charge is 0.333 e. The van der Waals surface area contributed by atoms with Crippen LogP contribution >= 0.6 is 11.6 Å². The molecule has 0 unspecified atom stereocenters. The van der Waals surface area contributed by atoms with E-state index in [-0.39, 0.29) is 0 Å². The lowest BCUT2D eigenvalue weighted by Gasteiger charge is -1.99. The average molecular weight is 235 g/mol.